The molecule has 0 spiro atoms. The second-order valence-electron chi connectivity index (χ2n) is 5.44. The number of amides is 1. The van der Waals surface area contributed by atoms with Crippen LogP contribution in [-0.2, 0) is 11.3 Å². The Morgan fingerprint density at radius 1 is 1.28 bits per heavy atom. The van der Waals surface area contributed by atoms with Gasteiger partial charge in [0, 0.05) is 12.7 Å². The van der Waals surface area contributed by atoms with Gasteiger partial charge in [-0.15, -0.1) is 0 Å². The molecule has 0 atom stereocenters. The maximum Gasteiger partial charge on any atom is 0.263 e. The van der Waals surface area contributed by atoms with E-state index in [9.17, 15) is 10.1 Å². The monoisotopic (exact) mass is 336 g/mol. The third-order valence-corrected chi connectivity index (χ3v) is 3.56. The number of methoxy groups -OCH3 is 1. The van der Waals surface area contributed by atoms with Gasteiger partial charge in [0.2, 0.25) is 0 Å². The van der Waals surface area contributed by atoms with E-state index in [1.54, 1.807) is 13.2 Å². The van der Waals surface area contributed by atoms with Crippen molar-refractivity contribution in [1.29, 1.82) is 5.26 Å². The number of hydrogen-bond acceptors (Lipinski definition) is 5. The van der Waals surface area contributed by atoms with Crippen molar-refractivity contribution in [3.8, 4) is 11.8 Å². The van der Waals surface area contributed by atoms with Gasteiger partial charge in [0.15, 0.2) is 0 Å². The first-order chi connectivity index (χ1) is 12.0. The van der Waals surface area contributed by atoms with Gasteiger partial charge in [0.05, 0.1) is 18.5 Å². The van der Waals surface area contributed by atoms with Crippen LogP contribution in [0.1, 0.15) is 11.1 Å². The van der Waals surface area contributed by atoms with Crippen LogP contribution in [0, 0.1) is 18.3 Å². The summed E-state index contributed by atoms with van der Waals surface area (Å²) in [7, 11) is 1.59. The second-order valence-corrected chi connectivity index (χ2v) is 5.44. The number of nitriles is 1. The van der Waals surface area contributed by atoms with Crippen LogP contribution in [0.15, 0.2) is 54.2 Å². The number of rotatable bonds is 6. The highest BCUT2D eigenvalue weighted by molar-refractivity contribution is 5.97. The summed E-state index contributed by atoms with van der Waals surface area (Å²) in [6, 6.07) is 14.7. The smallest absolute Gasteiger partial charge is 0.263 e. The number of benzene rings is 2. The molecule has 0 radical (unpaired) electrons. The number of anilines is 2. The SMILES string of the molecule is COc1ccc(CNC(=O)/C(C#N)=C\Nc2cc(C)ccc2N)cc1. The van der Waals surface area contributed by atoms with Crippen LogP contribution in [0.25, 0.3) is 0 Å². The molecule has 2 aromatic carbocycles. The van der Waals surface area contributed by atoms with Crippen molar-refractivity contribution in [3.63, 3.8) is 0 Å². The van der Waals surface area contributed by atoms with Crippen LogP contribution >= 0.6 is 0 Å². The van der Waals surface area contributed by atoms with Gasteiger partial charge in [-0.2, -0.15) is 5.26 Å². The minimum atomic E-state index is -0.461. The summed E-state index contributed by atoms with van der Waals surface area (Å²) in [4.78, 5) is 12.1. The second kappa shape index (κ2) is 8.41. The number of nitrogens with one attached hydrogen (secondary N) is 2. The van der Waals surface area contributed by atoms with E-state index in [1.165, 1.54) is 6.20 Å². The molecule has 0 aliphatic rings. The molecule has 4 N–H and O–H groups in total. The van der Waals surface area contributed by atoms with Crippen LogP contribution in [0.4, 0.5) is 11.4 Å². The lowest BCUT2D eigenvalue weighted by Gasteiger charge is -2.08. The predicted octanol–water partition coefficient (Wildman–Crippen LogP) is 2.72. The first-order valence-electron chi connectivity index (χ1n) is 7.67. The number of nitrogen functional groups attached to an aromatic ring is 1. The fourth-order valence-electron chi connectivity index (χ4n) is 2.11. The third-order valence-electron chi connectivity index (χ3n) is 3.56. The van der Waals surface area contributed by atoms with Crippen molar-refractivity contribution in [1.82, 2.24) is 5.32 Å². The zero-order valence-electron chi connectivity index (χ0n) is 14.2. The van der Waals surface area contributed by atoms with Crippen molar-refractivity contribution in [3.05, 3.63) is 65.4 Å². The van der Waals surface area contributed by atoms with E-state index < -0.39 is 5.91 Å². The maximum atomic E-state index is 12.1. The number of nitrogens with zero attached hydrogens (tertiary/aromatic N) is 1. The van der Waals surface area contributed by atoms with Crippen molar-refractivity contribution >= 4 is 17.3 Å². The van der Waals surface area contributed by atoms with Gasteiger partial charge in [-0.05, 0) is 42.3 Å². The minimum absolute atomic E-state index is 0.0329. The largest absolute Gasteiger partial charge is 0.497 e. The molecule has 2 rings (SSSR count). The Bertz CT molecular complexity index is 820. The fraction of sp³-hybridized carbons (Fsp3) is 0.158. The maximum absolute atomic E-state index is 12.1. The number of carbonyl (C=O) groups excluding carboxylic acids is 1. The van der Waals surface area contributed by atoms with Gasteiger partial charge < -0.3 is 21.1 Å². The summed E-state index contributed by atoms with van der Waals surface area (Å²) in [5.41, 5.74) is 8.95. The first kappa shape index (κ1) is 17.9. The van der Waals surface area contributed by atoms with Crippen molar-refractivity contribution < 1.29 is 9.53 Å². The van der Waals surface area contributed by atoms with E-state index in [0.717, 1.165) is 16.9 Å². The highest BCUT2D eigenvalue weighted by atomic mass is 16.5. The van der Waals surface area contributed by atoms with E-state index >= 15 is 0 Å². The van der Waals surface area contributed by atoms with E-state index in [1.807, 2.05) is 49.4 Å². The highest BCUT2D eigenvalue weighted by Gasteiger charge is 2.09. The topological polar surface area (TPSA) is 100 Å². The molecular weight excluding hydrogens is 316 g/mol. The Kier molecular flexibility index (Phi) is 6.02. The molecule has 0 aliphatic heterocycles. The van der Waals surface area contributed by atoms with E-state index in [2.05, 4.69) is 10.6 Å². The Hall–Kier alpha value is -3.46. The number of ether oxygens (including phenoxy) is 1. The lowest BCUT2D eigenvalue weighted by molar-refractivity contribution is -0.117. The predicted molar refractivity (Wildman–Crippen MR) is 97.8 cm³/mol. The summed E-state index contributed by atoms with van der Waals surface area (Å²) in [6.45, 7) is 2.25. The number of carbonyl (C=O) groups is 1. The van der Waals surface area contributed by atoms with Gasteiger partial charge in [-0.25, -0.2) is 0 Å². The average molecular weight is 336 g/mol. The average Bonchev–Trinajstić information content (AvgIpc) is 2.63. The van der Waals surface area contributed by atoms with E-state index in [4.69, 9.17) is 10.5 Å². The first-order valence-corrected chi connectivity index (χ1v) is 7.67. The summed E-state index contributed by atoms with van der Waals surface area (Å²) in [5.74, 6) is 0.282. The molecule has 0 unspecified atom stereocenters. The van der Waals surface area contributed by atoms with Gasteiger partial charge in [-0.3, -0.25) is 4.79 Å². The van der Waals surface area contributed by atoms with Crippen LogP contribution in [-0.4, -0.2) is 13.0 Å². The van der Waals surface area contributed by atoms with Crippen molar-refractivity contribution in [2.24, 2.45) is 0 Å². The lowest BCUT2D eigenvalue weighted by atomic mass is 10.2. The molecule has 128 valence electrons. The molecule has 0 aliphatic carbocycles. The summed E-state index contributed by atoms with van der Waals surface area (Å²) in [5, 5.41) is 14.8. The molecule has 0 bridgehead atoms. The van der Waals surface area contributed by atoms with Crippen LogP contribution in [0.2, 0.25) is 0 Å². The molecule has 1 amide bonds. The number of aryl methyl sites for hydroxylation is 1. The summed E-state index contributed by atoms with van der Waals surface area (Å²) < 4.78 is 5.08. The van der Waals surface area contributed by atoms with Gasteiger partial charge in [-0.1, -0.05) is 18.2 Å². The standard InChI is InChI=1S/C19H20N4O2/c1-13-3-8-17(21)18(9-13)22-12-15(10-20)19(24)23-11-14-4-6-16(25-2)7-5-14/h3-9,12,22H,11,21H2,1-2H3,(H,23,24)/b15-12-. The summed E-state index contributed by atoms with van der Waals surface area (Å²) >= 11 is 0. The zero-order chi connectivity index (χ0) is 18.2. The molecule has 0 heterocycles. The fourth-order valence-corrected chi connectivity index (χ4v) is 2.11. The molecule has 0 fully saturated rings. The molecule has 0 saturated carbocycles. The molecule has 2 aromatic rings. The van der Waals surface area contributed by atoms with Gasteiger partial charge in [0.25, 0.3) is 5.91 Å². The molecular formula is C19H20N4O2. The normalized spacial score (nSPS) is 10.7. The molecule has 25 heavy (non-hydrogen) atoms. The Balaban J connectivity index is 2.00. The number of nitrogens with two attached hydrogens (primary N) is 1. The molecule has 0 aromatic heterocycles. The Morgan fingerprint density at radius 3 is 2.64 bits per heavy atom. The van der Waals surface area contributed by atoms with Crippen LogP contribution in [0.3, 0.4) is 0 Å². The summed E-state index contributed by atoms with van der Waals surface area (Å²) in [6.07, 6.45) is 1.36. The quantitative estimate of drug-likeness (QED) is 0.428. The van der Waals surface area contributed by atoms with Crippen molar-refractivity contribution in [2.75, 3.05) is 18.2 Å². The van der Waals surface area contributed by atoms with Crippen LogP contribution < -0.4 is 21.1 Å². The molecule has 0 saturated heterocycles. The van der Waals surface area contributed by atoms with E-state index in [-0.39, 0.29) is 5.57 Å². The Labute approximate surface area is 146 Å². The number of hydrogen-bond donors (Lipinski definition) is 3. The van der Waals surface area contributed by atoms with Gasteiger partial charge >= 0.3 is 0 Å². The molecule has 6 heteroatoms. The van der Waals surface area contributed by atoms with Crippen LogP contribution in [0.5, 0.6) is 5.75 Å². The zero-order valence-corrected chi connectivity index (χ0v) is 14.2. The third kappa shape index (κ3) is 5.01. The van der Waals surface area contributed by atoms with Crippen molar-refractivity contribution in [2.45, 2.75) is 13.5 Å². The Morgan fingerprint density at radius 2 is 2.00 bits per heavy atom. The minimum Gasteiger partial charge on any atom is -0.497 e. The molecule has 6 nitrogen and oxygen atoms in total. The highest BCUT2D eigenvalue weighted by Crippen LogP contribution is 2.19. The van der Waals surface area contributed by atoms with Gasteiger partial charge in [0.1, 0.15) is 17.4 Å². The van der Waals surface area contributed by atoms with E-state index in [0.29, 0.717) is 17.9 Å². The lowest BCUT2D eigenvalue weighted by Crippen LogP contribution is -2.24.